The maximum absolute atomic E-state index is 13.0. The summed E-state index contributed by atoms with van der Waals surface area (Å²) in [5, 5.41) is 3.80. The lowest BCUT2D eigenvalue weighted by atomic mass is 10.1. The molecule has 1 saturated heterocycles. The Balaban J connectivity index is 1.30. The van der Waals surface area contributed by atoms with E-state index >= 15 is 0 Å². The van der Waals surface area contributed by atoms with Crippen molar-refractivity contribution < 1.29 is 18.7 Å². The standard InChI is InChI=1S/C27H24N2O4/c30-25-11-6-16-29(25)20-14-12-19(13-15-20)17-28-27(31)26-23(18-32-21-7-2-1-3-8-21)22-9-4-5-10-24(22)33-26/h1-5,7-10,12-15H,6,11,16-18H2,(H,28,31). The molecular weight excluding hydrogens is 416 g/mol. The second-order valence-electron chi connectivity index (χ2n) is 8.01. The molecule has 0 spiro atoms. The van der Waals surface area contributed by atoms with Gasteiger partial charge in [-0.15, -0.1) is 0 Å². The van der Waals surface area contributed by atoms with Crippen LogP contribution in [-0.2, 0) is 17.9 Å². The molecule has 0 saturated carbocycles. The first-order valence-electron chi connectivity index (χ1n) is 11.0. The van der Waals surface area contributed by atoms with E-state index in [-0.39, 0.29) is 24.2 Å². The van der Waals surface area contributed by atoms with Gasteiger partial charge in [-0.2, -0.15) is 0 Å². The molecule has 0 unspecified atom stereocenters. The molecule has 1 aliphatic rings. The van der Waals surface area contributed by atoms with Crippen LogP contribution in [-0.4, -0.2) is 18.4 Å². The average Bonchev–Trinajstić information content (AvgIpc) is 3.45. The molecule has 1 aliphatic heterocycles. The van der Waals surface area contributed by atoms with Crippen LogP contribution in [0.1, 0.15) is 34.5 Å². The Morgan fingerprint density at radius 3 is 2.48 bits per heavy atom. The summed E-state index contributed by atoms with van der Waals surface area (Å²) in [6.45, 7) is 1.33. The van der Waals surface area contributed by atoms with Gasteiger partial charge in [-0.3, -0.25) is 9.59 Å². The summed E-state index contributed by atoms with van der Waals surface area (Å²) >= 11 is 0. The Bertz CT molecular complexity index is 1280. The van der Waals surface area contributed by atoms with Crippen molar-refractivity contribution in [2.45, 2.75) is 26.0 Å². The van der Waals surface area contributed by atoms with Crippen LogP contribution in [0.25, 0.3) is 11.0 Å². The van der Waals surface area contributed by atoms with Crippen LogP contribution in [0.5, 0.6) is 5.75 Å². The third-order valence-corrected chi connectivity index (χ3v) is 5.81. The number of carbonyl (C=O) groups excluding carboxylic acids is 2. The summed E-state index contributed by atoms with van der Waals surface area (Å²) in [5.74, 6) is 0.847. The fraction of sp³-hybridized carbons (Fsp3) is 0.185. The van der Waals surface area contributed by atoms with Crippen molar-refractivity contribution in [3.8, 4) is 5.75 Å². The highest BCUT2D eigenvalue weighted by atomic mass is 16.5. The van der Waals surface area contributed by atoms with Gasteiger partial charge in [0.05, 0.1) is 0 Å². The van der Waals surface area contributed by atoms with Gasteiger partial charge in [0.2, 0.25) is 5.91 Å². The number of hydrogen-bond acceptors (Lipinski definition) is 4. The van der Waals surface area contributed by atoms with E-state index in [2.05, 4.69) is 5.32 Å². The Kier molecular flexibility index (Phi) is 5.81. The second-order valence-corrected chi connectivity index (χ2v) is 8.01. The van der Waals surface area contributed by atoms with E-state index in [1.54, 1.807) is 4.90 Å². The minimum atomic E-state index is -0.295. The van der Waals surface area contributed by atoms with Gasteiger partial charge >= 0.3 is 0 Å². The van der Waals surface area contributed by atoms with Gasteiger partial charge in [-0.1, -0.05) is 48.5 Å². The van der Waals surface area contributed by atoms with E-state index in [1.165, 1.54) is 0 Å². The lowest BCUT2D eigenvalue weighted by Crippen LogP contribution is -2.24. The molecule has 4 aromatic rings. The molecule has 1 fully saturated rings. The van der Waals surface area contributed by atoms with E-state index in [1.807, 2.05) is 78.9 Å². The molecule has 6 nitrogen and oxygen atoms in total. The summed E-state index contributed by atoms with van der Waals surface area (Å²) in [7, 11) is 0. The first-order valence-corrected chi connectivity index (χ1v) is 11.0. The maximum atomic E-state index is 13.0. The summed E-state index contributed by atoms with van der Waals surface area (Å²) in [6, 6.07) is 24.8. The van der Waals surface area contributed by atoms with Gasteiger partial charge in [0.1, 0.15) is 17.9 Å². The third-order valence-electron chi connectivity index (χ3n) is 5.81. The smallest absolute Gasteiger partial charge is 0.287 e. The van der Waals surface area contributed by atoms with E-state index in [0.29, 0.717) is 18.5 Å². The van der Waals surface area contributed by atoms with Gasteiger partial charge in [0, 0.05) is 36.1 Å². The van der Waals surface area contributed by atoms with E-state index < -0.39 is 0 Å². The molecule has 3 aromatic carbocycles. The summed E-state index contributed by atoms with van der Waals surface area (Å²) in [4.78, 5) is 26.8. The number of benzene rings is 3. The fourth-order valence-corrected chi connectivity index (χ4v) is 4.08. The van der Waals surface area contributed by atoms with Crippen LogP contribution in [0.4, 0.5) is 5.69 Å². The molecule has 1 N–H and O–H groups in total. The number of anilines is 1. The number of nitrogens with zero attached hydrogens (tertiary/aromatic N) is 1. The summed E-state index contributed by atoms with van der Waals surface area (Å²) < 4.78 is 11.8. The second kappa shape index (κ2) is 9.20. The monoisotopic (exact) mass is 440 g/mol. The Morgan fingerprint density at radius 2 is 1.73 bits per heavy atom. The molecule has 33 heavy (non-hydrogen) atoms. The predicted molar refractivity (Wildman–Crippen MR) is 126 cm³/mol. The highest BCUT2D eigenvalue weighted by Crippen LogP contribution is 2.27. The molecule has 166 valence electrons. The van der Waals surface area contributed by atoms with Crippen LogP contribution < -0.4 is 15.0 Å². The molecule has 5 rings (SSSR count). The largest absolute Gasteiger partial charge is 0.489 e. The number of fused-ring (bicyclic) bond motifs is 1. The van der Waals surface area contributed by atoms with Crippen LogP contribution in [0.2, 0.25) is 0 Å². The van der Waals surface area contributed by atoms with Gasteiger partial charge < -0.3 is 19.4 Å². The average molecular weight is 440 g/mol. The van der Waals surface area contributed by atoms with Crippen LogP contribution in [0.15, 0.2) is 83.3 Å². The molecule has 1 aromatic heterocycles. The zero-order valence-electron chi connectivity index (χ0n) is 18.1. The number of nitrogens with one attached hydrogen (secondary N) is 1. The third kappa shape index (κ3) is 4.46. The van der Waals surface area contributed by atoms with Crippen LogP contribution in [0.3, 0.4) is 0 Å². The van der Waals surface area contributed by atoms with Crippen LogP contribution >= 0.6 is 0 Å². The predicted octanol–water partition coefficient (Wildman–Crippen LogP) is 5.07. The Morgan fingerprint density at radius 1 is 0.970 bits per heavy atom. The molecular formula is C27H24N2O4. The van der Waals surface area contributed by atoms with Crippen molar-refractivity contribution in [1.82, 2.24) is 5.32 Å². The van der Waals surface area contributed by atoms with Crippen molar-refractivity contribution in [3.05, 3.63) is 95.7 Å². The number of rotatable bonds is 7. The number of hydrogen-bond donors (Lipinski definition) is 1. The van der Waals surface area contributed by atoms with E-state index in [4.69, 9.17) is 9.15 Å². The summed E-state index contributed by atoms with van der Waals surface area (Å²) in [6.07, 6.45) is 1.50. The summed E-state index contributed by atoms with van der Waals surface area (Å²) in [5.41, 5.74) is 3.20. The normalized spacial score (nSPS) is 13.5. The first-order chi connectivity index (χ1) is 16.2. The number of amides is 2. The zero-order chi connectivity index (χ0) is 22.6. The van der Waals surface area contributed by atoms with Gasteiger partial charge in [0.25, 0.3) is 5.91 Å². The van der Waals surface area contributed by atoms with E-state index in [9.17, 15) is 9.59 Å². The van der Waals surface area contributed by atoms with Crippen molar-refractivity contribution >= 4 is 28.5 Å². The topological polar surface area (TPSA) is 71.8 Å². The lowest BCUT2D eigenvalue weighted by molar-refractivity contribution is -0.117. The minimum Gasteiger partial charge on any atom is -0.489 e. The fourth-order valence-electron chi connectivity index (χ4n) is 4.08. The maximum Gasteiger partial charge on any atom is 0.287 e. The molecule has 0 aliphatic carbocycles. The highest BCUT2D eigenvalue weighted by Gasteiger charge is 2.22. The minimum absolute atomic E-state index is 0.159. The number of para-hydroxylation sites is 2. The van der Waals surface area contributed by atoms with Crippen molar-refractivity contribution in [2.24, 2.45) is 0 Å². The Hall–Kier alpha value is -4.06. The van der Waals surface area contributed by atoms with Gasteiger partial charge in [0.15, 0.2) is 5.76 Å². The molecule has 0 atom stereocenters. The molecule has 6 heteroatoms. The van der Waals surface area contributed by atoms with Crippen molar-refractivity contribution in [1.29, 1.82) is 0 Å². The zero-order valence-corrected chi connectivity index (χ0v) is 18.1. The number of ether oxygens (including phenoxy) is 1. The highest BCUT2D eigenvalue weighted by molar-refractivity contribution is 5.99. The van der Waals surface area contributed by atoms with Crippen molar-refractivity contribution in [3.63, 3.8) is 0 Å². The van der Waals surface area contributed by atoms with Gasteiger partial charge in [-0.05, 0) is 42.3 Å². The molecule has 0 radical (unpaired) electrons. The quantitative estimate of drug-likeness (QED) is 0.436. The SMILES string of the molecule is O=C(NCc1ccc(N2CCCC2=O)cc1)c1oc2ccccc2c1COc1ccccc1. The molecule has 0 bridgehead atoms. The van der Waals surface area contributed by atoms with Crippen LogP contribution in [0, 0.1) is 0 Å². The van der Waals surface area contributed by atoms with E-state index in [0.717, 1.165) is 40.9 Å². The Labute approximate surface area is 191 Å². The van der Waals surface area contributed by atoms with Crippen molar-refractivity contribution in [2.75, 3.05) is 11.4 Å². The first kappa shape index (κ1) is 20.8. The lowest BCUT2D eigenvalue weighted by Gasteiger charge is -2.16. The van der Waals surface area contributed by atoms with Gasteiger partial charge in [-0.25, -0.2) is 0 Å². The molecule has 2 heterocycles. The number of furan rings is 1. The molecule has 2 amide bonds. The number of carbonyl (C=O) groups is 2.